The van der Waals surface area contributed by atoms with Crippen LogP contribution >= 0.6 is 0 Å². The molecule has 0 amide bonds. The fourth-order valence-electron chi connectivity index (χ4n) is 1.61. The topological polar surface area (TPSA) is 96.4 Å². The first-order valence-corrected chi connectivity index (χ1v) is 7.32. The van der Waals surface area contributed by atoms with E-state index in [0.29, 0.717) is 5.75 Å². The van der Waals surface area contributed by atoms with Crippen molar-refractivity contribution in [3.8, 4) is 11.4 Å². The van der Waals surface area contributed by atoms with Crippen LogP contribution in [-0.2, 0) is 14.5 Å². The number of nitrogens with zero attached hydrogens (tertiary/aromatic N) is 2. The molecular formula is C12H15N3O4S. The first-order chi connectivity index (χ1) is 9.44. The van der Waals surface area contributed by atoms with Gasteiger partial charge in [0.1, 0.15) is 19.0 Å². The van der Waals surface area contributed by atoms with Crippen LogP contribution in [0.2, 0.25) is 0 Å². The summed E-state index contributed by atoms with van der Waals surface area (Å²) >= 11 is 0. The van der Waals surface area contributed by atoms with E-state index in [9.17, 15) is 8.42 Å². The standard InChI is InChI=1S/C12H15N3O4S/c1-10-8-15(9-14-10)11-3-2-4-12(7-11)18-5-6-19-20(13,16)17/h2-4,7-9H,5-6H2,1H3,(H2,13,16,17). The van der Waals surface area contributed by atoms with E-state index in [1.54, 1.807) is 12.4 Å². The molecule has 0 atom stereocenters. The van der Waals surface area contributed by atoms with E-state index in [1.807, 2.05) is 35.9 Å². The fraction of sp³-hybridized carbons (Fsp3) is 0.250. The maximum absolute atomic E-state index is 10.6. The van der Waals surface area contributed by atoms with E-state index in [2.05, 4.69) is 9.17 Å². The van der Waals surface area contributed by atoms with Crippen molar-refractivity contribution in [3.05, 3.63) is 42.5 Å². The van der Waals surface area contributed by atoms with Crippen LogP contribution in [0.25, 0.3) is 5.69 Å². The fourth-order valence-corrected chi connectivity index (χ4v) is 1.91. The minimum atomic E-state index is -3.92. The summed E-state index contributed by atoms with van der Waals surface area (Å²) in [5.74, 6) is 0.604. The lowest BCUT2D eigenvalue weighted by Crippen LogP contribution is -2.19. The Morgan fingerprint density at radius 1 is 1.35 bits per heavy atom. The molecule has 0 saturated heterocycles. The summed E-state index contributed by atoms with van der Waals surface area (Å²) in [7, 11) is -3.92. The van der Waals surface area contributed by atoms with Gasteiger partial charge in [0.25, 0.3) is 0 Å². The SMILES string of the molecule is Cc1cn(-c2cccc(OCCOS(N)(=O)=O)c2)cn1. The Labute approximate surface area is 117 Å². The molecule has 8 heteroatoms. The molecule has 0 bridgehead atoms. The Bertz CT molecular complexity index is 682. The minimum Gasteiger partial charge on any atom is -0.491 e. The van der Waals surface area contributed by atoms with Gasteiger partial charge in [0.2, 0.25) is 0 Å². The highest BCUT2D eigenvalue weighted by atomic mass is 32.2. The molecule has 2 rings (SSSR count). The number of aryl methyl sites for hydroxylation is 1. The molecule has 0 saturated carbocycles. The summed E-state index contributed by atoms with van der Waals surface area (Å²) in [5, 5.41) is 4.70. The molecule has 0 unspecified atom stereocenters. The average molecular weight is 297 g/mol. The van der Waals surface area contributed by atoms with Crippen molar-refractivity contribution in [2.24, 2.45) is 5.14 Å². The van der Waals surface area contributed by atoms with Crippen LogP contribution in [-0.4, -0.2) is 31.2 Å². The van der Waals surface area contributed by atoms with Crippen molar-refractivity contribution >= 4 is 10.3 Å². The van der Waals surface area contributed by atoms with Crippen LogP contribution in [0.15, 0.2) is 36.8 Å². The van der Waals surface area contributed by atoms with Gasteiger partial charge >= 0.3 is 10.3 Å². The van der Waals surface area contributed by atoms with Crippen molar-refractivity contribution in [2.45, 2.75) is 6.92 Å². The van der Waals surface area contributed by atoms with E-state index in [4.69, 9.17) is 9.88 Å². The highest BCUT2D eigenvalue weighted by Gasteiger charge is 2.03. The third kappa shape index (κ3) is 4.34. The maximum atomic E-state index is 10.6. The van der Waals surface area contributed by atoms with Crippen molar-refractivity contribution in [1.82, 2.24) is 9.55 Å². The second kappa shape index (κ2) is 6.04. The van der Waals surface area contributed by atoms with Gasteiger partial charge in [0.15, 0.2) is 0 Å². The zero-order valence-electron chi connectivity index (χ0n) is 10.9. The Kier molecular flexibility index (Phi) is 4.38. The molecule has 7 nitrogen and oxygen atoms in total. The lowest BCUT2D eigenvalue weighted by molar-refractivity contribution is 0.221. The second-order valence-corrected chi connectivity index (χ2v) is 5.30. The van der Waals surface area contributed by atoms with Gasteiger partial charge in [0.05, 0.1) is 17.7 Å². The molecule has 2 aromatic rings. The van der Waals surface area contributed by atoms with Gasteiger partial charge in [-0.1, -0.05) is 6.07 Å². The molecule has 1 aromatic carbocycles. The lowest BCUT2D eigenvalue weighted by Gasteiger charge is -2.08. The lowest BCUT2D eigenvalue weighted by atomic mass is 10.3. The average Bonchev–Trinajstić information content (AvgIpc) is 2.81. The van der Waals surface area contributed by atoms with E-state index in [0.717, 1.165) is 11.4 Å². The summed E-state index contributed by atoms with van der Waals surface area (Å²) in [6.45, 7) is 1.86. The minimum absolute atomic E-state index is 0.0862. The summed E-state index contributed by atoms with van der Waals surface area (Å²) < 4.78 is 32.8. The predicted molar refractivity (Wildman–Crippen MR) is 72.9 cm³/mol. The molecule has 0 aliphatic heterocycles. The monoisotopic (exact) mass is 297 g/mol. The van der Waals surface area contributed by atoms with Crippen molar-refractivity contribution in [2.75, 3.05) is 13.2 Å². The number of aromatic nitrogens is 2. The maximum Gasteiger partial charge on any atom is 0.333 e. The van der Waals surface area contributed by atoms with Crippen LogP contribution in [0.5, 0.6) is 5.75 Å². The Balaban J connectivity index is 1.96. The van der Waals surface area contributed by atoms with Gasteiger partial charge in [-0.05, 0) is 19.1 Å². The van der Waals surface area contributed by atoms with Gasteiger partial charge in [0, 0.05) is 12.3 Å². The predicted octanol–water partition coefficient (Wildman–Crippen LogP) is 0.780. The smallest absolute Gasteiger partial charge is 0.333 e. The highest BCUT2D eigenvalue weighted by Crippen LogP contribution is 2.17. The van der Waals surface area contributed by atoms with Crippen molar-refractivity contribution in [3.63, 3.8) is 0 Å². The molecule has 0 aliphatic rings. The van der Waals surface area contributed by atoms with Crippen LogP contribution in [0, 0.1) is 6.92 Å². The van der Waals surface area contributed by atoms with E-state index < -0.39 is 10.3 Å². The Morgan fingerprint density at radius 2 is 2.15 bits per heavy atom. The number of benzene rings is 1. The zero-order chi connectivity index (χ0) is 14.6. The number of rotatable bonds is 6. The molecule has 20 heavy (non-hydrogen) atoms. The summed E-state index contributed by atoms with van der Waals surface area (Å²) in [6.07, 6.45) is 3.60. The molecule has 0 radical (unpaired) electrons. The number of imidazole rings is 1. The van der Waals surface area contributed by atoms with Gasteiger partial charge in [-0.15, -0.1) is 0 Å². The second-order valence-electron chi connectivity index (χ2n) is 4.08. The Hall–Kier alpha value is -1.90. The summed E-state index contributed by atoms with van der Waals surface area (Å²) in [4.78, 5) is 4.15. The van der Waals surface area contributed by atoms with Crippen LogP contribution in [0.3, 0.4) is 0 Å². The van der Waals surface area contributed by atoms with Gasteiger partial charge in [-0.3, -0.25) is 4.18 Å². The summed E-state index contributed by atoms with van der Waals surface area (Å²) in [5.41, 5.74) is 1.81. The quantitative estimate of drug-likeness (QED) is 0.795. The van der Waals surface area contributed by atoms with Gasteiger partial charge in [-0.2, -0.15) is 8.42 Å². The molecular weight excluding hydrogens is 282 g/mol. The number of hydrogen-bond acceptors (Lipinski definition) is 5. The highest BCUT2D eigenvalue weighted by molar-refractivity contribution is 7.84. The van der Waals surface area contributed by atoms with Gasteiger partial charge < -0.3 is 9.30 Å². The number of nitrogens with two attached hydrogens (primary N) is 1. The van der Waals surface area contributed by atoms with E-state index in [-0.39, 0.29) is 13.2 Å². The molecule has 1 aromatic heterocycles. The van der Waals surface area contributed by atoms with E-state index >= 15 is 0 Å². The van der Waals surface area contributed by atoms with Crippen molar-refractivity contribution in [1.29, 1.82) is 0 Å². The van der Waals surface area contributed by atoms with Crippen LogP contribution < -0.4 is 9.88 Å². The zero-order valence-corrected chi connectivity index (χ0v) is 11.7. The molecule has 1 heterocycles. The molecule has 108 valence electrons. The third-order valence-corrected chi connectivity index (χ3v) is 2.92. The van der Waals surface area contributed by atoms with Crippen LogP contribution in [0.1, 0.15) is 5.69 Å². The molecule has 0 spiro atoms. The normalized spacial score (nSPS) is 11.5. The largest absolute Gasteiger partial charge is 0.491 e. The number of hydrogen-bond donors (Lipinski definition) is 1. The first-order valence-electron chi connectivity index (χ1n) is 5.85. The summed E-state index contributed by atoms with van der Waals surface area (Å²) in [6, 6.07) is 7.33. The van der Waals surface area contributed by atoms with E-state index in [1.165, 1.54) is 0 Å². The molecule has 0 fully saturated rings. The van der Waals surface area contributed by atoms with Gasteiger partial charge in [-0.25, -0.2) is 10.1 Å². The van der Waals surface area contributed by atoms with Crippen molar-refractivity contribution < 1.29 is 17.3 Å². The Morgan fingerprint density at radius 3 is 2.80 bits per heavy atom. The molecule has 2 N–H and O–H groups in total. The van der Waals surface area contributed by atoms with Crippen LogP contribution in [0.4, 0.5) is 0 Å². The molecule has 0 aliphatic carbocycles. The number of ether oxygens (including phenoxy) is 1. The third-order valence-electron chi connectivity index (χ3n) is 2.43. The first kappa shape index (κ1) is 14.5.